The second kappa shape index (κ2) is 6.82. The van der Waals surface area contributed by atoms with Gasteiger partial charge in [0.05, 0.1) is 5.38 Å². The largest absolute Gasteiger partial charge is 0.300 e. The molecule has 0 bridgehead atoms. The predicted octanol–water partition coefficient (Wildman–Crippen LogP) is 4.38. The summed E-state index contributed by atoms with van der Waals surface area (Å²) in [5.74, 6) is -0.947. The molecule has 0 amide bonds. The first-order valence-electron chi connectivity index (χ1n) is 6.38. The Balaban J connectivity index is 2.00. The van der Waals surface area contributed by atoms with Gasteiger partial charge in [0.25, 0.3) is 0 Å². The van der Waals surface area contributed by atoms with Crippen molar-refractivity contribution in [3.63, 3.8) is 0 Å². The summed E-state index contributed by atoms with van der Waals surface area (Å²) in [6, 6.07) is 13.3. The van der Waals surface area contributed by atoms with Crippen LogP contribution in [-0.2, 0) is 6.54 Å². The van der Waals surface area contributed by atoms with E-state index in [9.17, 15) is 8.78 Å². The van der Waals surface area contributed by atoms with Crippen molar-refractivity contribution in [3.8, 4) is 0 Å². The van der Waals surface area contributed by atoms with E-state index in [1.54, 1.807) is 0 Å². The summed E-state index contributed by atoms with van der Waals surface area (Å²) in [5, 5.41) is -0.584. The second-order valence-corrected chi connectivity index (χ2v) is 5.34. The van der Waals surface area contributed by atoms with Crippen molar-refractivity contribution in [3.05, 3.63) is 71.3 Å². The van der Waals surface area contributed by atoms with Crippen molar-refractivity contribution >= 4 is 11.6 Å². The highest BCUT2D eigenvalue weighted by molar-refractivity contribution is 6.21. The van der Waals surface area contributed by atoms with Gasteiger partial charge in [0.2, 0.25) is 0 Å². The van der Waals surface area contributed by atoms with Gasteiger partial charge in [-0.15, -0.1) is 11.6 Å². The van der Waals surface area contributed by atoms with E-state index in [-0.39, 0.29) is 5.56 Å². The molecule has 0 saturated carbocycles. The Morgan fingerprint density at radius 1 is 1.10 bits per heavy atom. The molecule has 0 saturated heterocycles. The third-order valence-corrected chi connectivity index (χ3v) is 3.44. The Morgan fingerprint density at radius 3 is 2.50 bits per heavy atom. The first-order chi connectivity index (χ1) is 9.56. The third kappa shape index (κ3) is 4.02. The van der Waals surface area contributed by atoms with Crippen LogP contribution in [0, 0.1) is 11.6 Å². The van der Waals surface area contributed by atoms with Crippen molar-refractivity contribution in [2.24, 2.45) is 0 Å². The van der Waals surface area contributed by atoms with Crippen LogP contribution in [0.5, 0.6) is 0 Å². The number of nitrogens with zero attached hydrogens (tertiary/aromatic N) is 1. The molecule has 0 N–H and O–H groups in total. The van der Waals surface area contributed by atoms with Crippen LogP contribution >= 0.6 is 11.6 Å². The minimum absolute atomic E-state index is 0.201. The van der Waals surface area contributed by atoms with Crippen LogP contribution in [0.25, 0.3) is 0 Å². The topological polar surface area (TPSA) is 3.24 Å². The molecule has 0 radical (unpaired) electrons. The van der Waals surface area contributed by atoms with Gasteiger partial charge in [0, 0.05) is 18.7 Å². The lowest BCUT2D eigenvalue weighted by molar-refractivity contribution is 0.325. The Hall–Kier alpha value is -1.45. The molecule has 2 rings (SSSR count). The normalized spacial score (nSPS) is 12.7. The monoisotopic (exact) mass is 295 g/mol. The van der Waals surface area contributed by atoms with E-state index in [2.05, 4.69) is 0 Å². The van der Waals surface area contributed by atoms with Crippen LogP contribution in [0.15, 0.2) is 48.5 Å². The third-order valence-electron chi connectivity index (χ3n) is 3.06. The number of rotatable bonds is 5. The SMILES string of the molecule is CN(Cc1ccccc1)CC(Cl)c1cc(F)ccc1F. The molecule has 0 aliphatic heterocycles. The minimum atomic E-state index is -0.584. The molecule has 0 aromatic heterocycles. The van der Waals surface area contributed by atoms with Crippen molar-refractivity contribution in [1.82, 2.24) is 4.90 Å². The summed E-state index contributed by atoms with van der Waals surface area (Å²) in [6.45, 7) is 1.15. The number of likely N-dealkylation sites (N-methyl/N-ethyl adjacent to an activating group) is 1. The summed E-state index contributed by atoms with van der Waals surface area (Å²) in [5.41, 5.74) is 1.35. The maximum atomic E-state index is 13.6. The van der Waals surface area contributed by atoms with E-state index in [0.717, 1.165) is 23.8 Å². The van der Waals surface area contributed by atoms with Gasteiger partial charge in [-0.3, -0.25) is 0 Å². The molecule has 4 heteroatoms. The van der Waals surface area contributed by atoms with Crippen LogP contribution in [-0.4, -0.2) is 18.5 Å². The van der Waals surface area contributed by atoms with Gasteiger partial charge in [0.15, 0.2) is 0 Å². The van der Waals surface area contributed by atoms with Gasteiger partial charge in [-0.25, -0.2) is 8.78 Å². The fourth-order valence-electron chi connectivity index (χ4n) is 2.09. The highest BCUT2D eigenvalue weighted by Gasteiger charge is 2.16. The molecule has 0 aliphatic carbocycles. The molecule has 0 aliphatic rings. The molecule has 20 heavy (non-hydrogen) atoms. The van der Waals surface area contributed by atoms with Crippen molar-refractivity contribution in [2.75, 3.05) is 13.6 Å². The van der Waals surface area contributed by atoms with Crippen LogP contribution in [0.4, 0.5) is 8.78 Å². The zero-order valence-electron chi connectivity index (χ0n) is 11.2. The fourth-order valence-corrected chi connectivity index (χ4v) is 2.49. The van der Waals surface area contributed by atoms with Gasteiger partial charge < -0.3 is 4.90 Å². The maximum absolute atomic E-state index is 13.6. The van der Waals surface area contributed by atoms with Gasteiger partial charge in [0.1, 0.15) is 11.6 Å². The molecule has 0 fully saturated rings. The lowest BCUT2D eigenvalue weighted by atomic mass is 10.1. The van der Waals surface area contributed by atoms with Crippen molar-refractivity contribution in [2.45, 2.75) is 11.9 Å². The molecule has 2 aromatic carbocycles. The van der Waals surface area contributed by atoms with E-state index < -0.39 is 17.0 Å². The van der Waals surface area contributed by atoms with E-state index >= 15 is 0 Å². The van der Waals surface area contributed by atoms with Crippen molar-refractivity contribution in [1.29, 1.82) is 0 Å². The van der Waals surface area contributed by atoms with Gasteiger partial charge in [-0.1, -0.05) is 30.3 Å². The predicted molar refractivity (Wildman–Crippen MR) is 77.7 cm³/mol. The number of hydrogen-bond acceptors (Lipinski definition) is 1. The molecule has 0 heterocycles. The number of benzene rings is 2. The summed E-state index contributed by atoms with van der Waals surface area (Å²) >= 11 is 6.20. The summed E-state index contributed by atoms with van der Waals surface area (Å²) < 4.78 is 26.8. The van der Waals surface area contributed by atoms with E-state index in [1.807, 2.05) is 42.3 Å². The smallest absolute Gasteiger partial charge is 0.128 e. The number of alkyl halides is 1. The fraction of sp³-hybridized carbons (Fsp3) is 0.250. The molecule has 0 spiro atoms. The molecular formula is C16H16ClF2N. The lowest BCUT2D eigenvalue weighted by Gasteiger charge is -2.20. The zero-order chi connectivity index (χ0) is 14.5. The standard InChI is InChI=1S/C16H16ClF2N/c1-20(10-12-5-3-2-4-6-12)11-15(17)14-9-13(18)7-8-16(14)19/h2-9,15H,10-11H2,1H3. The quantitative estimate of drug-likeness (QED) is 0.740. The van der Waals surface area contributed by atoms with Crippen molar-refractivity contribution < 1.29 is 8.78 Å². The molecule has 1 unspecified atom stereocenters. The Bertz CT molecular complexity index is 560. The average molecular weight is 296 g/mol. The van der Waals surface area contributed by atoms with Gasteiger partial charge in [-0.2, -0.15) is 0 Å². The maximum Gasteiger partial charge on any atom is 0.128 e. The zero-order valence-corrected chi connectivity index (χ0v) is 11.9. The molecule has 1 nitrogen and oxygen atoms in total. The van der Waals surface area contributed by atoms with E-state index in [1.165, 1.54) is 0 Å². The van der Waals surface area contributed by atoms with Crippen LogP contribution < -0.4 is 0 Å². The van der Waals surface area contributed by atoms with E-state index in [0.29, 0.717) is 13.1 Å². The highest BCUT2D eigenvalue weighted by Crippen LogP contribution is 2.25. The first-order valence-corrected chi connectivity index (χ1v) is 6.81. The Kier molecular flexibility index (Phi) is 5.10. The Labute approximate surface area is 122 Å². The summed E-state index contributed by atoms with van der Waals surface area (Å²) in [7, 11) is 1.90. The van der Waals surface area contributed by atoms with Crippen LogP contribution in [0.2, 0.25) is 0 Å². The number of hydrogen-bond donors (Lipinski definition) is 0. The lowest BCUT2D eigenvalue weighted by Crippen LogP contribution is -2.22. The average Bonchev–Trinajstić information content (AvgIpc) is 2.42. The second-order valence-electron chi connectivity index (χ2n) is 4.82. The number of halogens is 3. The molecule has 1 atom stereocenters. The molecule has 106 valence electrons. The molecule has 2 aromatic rings. The summed E-state index contributed by atoms with van der Waals surface area (Å²) in [4.78, 5) is 1.98. The Morgan fingerprint density at radius 2 is 1.80 bits per heavy atom. The van der Waals surface area contributed by atoms with Gasteiger partial charge in [-0.05, 0) is 30.8 Å². The minimum Gasteiger partial charge on any atom is -0.300 e. The van der Waals surface area contributed by atoms with E-state index in [4.69, 9.17) is 11.6 Å². The van der Waals surface area contributed by atoms with Gasteiger partial charge >= 0.3 is 0 Å². The van der Waals surface area contributed by atoms with Crippen LogP contribution in [0.1, 0.15) is 16.5 Å². The molecular weight excluding hydrogens is 280 g/mol. The highest BCUT2D eigenvalue weighted by atomic mass is 35.5. The summed E-state index contributed by atoms with van der Waals surface area (Å²) in [6.07, 6.45) is 0. The first kappa shape index (κ1) is 14.9. The van der Waals surface area contributed by atoms with Crippen LogP contribution in [0.3, 0.4) is 0 Å².